The first-order valence-electron chi connectivity index (χ1n) is 10.8. The molecule has 174 valence electrons. The normalized spacial score (nSPS) is 12.6. The van der Waals surface area contributed by atoms with Crippen LogP contribution in [-0.4, -0.2) is 34.7 Å². The molecule has 0 aliphatic rings. The van der Waals surface area contributed by atoms with Crippen molar-refractivity contribution in [1.82, 2.24) is 5.32 Å². The molecule has 1 atom stereocenters. The third kappa shape index (κ3) is 5.19. The zero-order valence-corrected chi connectivity index (χ0v) is 19.5. The van der Waals surface area contributed by atoms with E-state index in [9.17, 15) is 19.8 Å². The van der Waals surface area contributed by atoms with Gasteiger partial charge in [-0.05, 0) is 69.5 Å². The van der Waals surface area contributed by atoms with Crippen molar-refractivity contribution in [2.45, 2.75) is 47.1 Å². The Hall–Kier alpha value is -3.74. The molecule has 3 N–H and O–H groups in total. The number of aryl methyl sites for hydroxylation is 3. The van der Waals surface area contributed by atoms with Crippen LogP contribution in [0, 0.1) is 20.8 Å². The fourth-order valence-electron chi connectivity index (χ4n) is 3.79. The number of allylic oxidation sites excluding steroid dienone is 1. The molecule has 1 aromatic heterocycles. The minimum atomic E-state index is -1.14. The number of carbonyl (C=O) groups excluding carboxylic acids is 1. The fraction of sp³-hybridized carbons (Fsp3) is 0.308. The summed E-state index contributed by atoms with van der Waals surface area (Å²) < 4.78 is 11.8. The second-order valence-corrected chi connectivity index (χ2v) is 8.07. The van der Waals surface area contributed by atoms with E-state index >= 15 is 0 Å². The van der Waals surface area contributed by atoms with Gasteiger partial charge in [0.2, 0.25) is 5.91 Å². The van der Waals surface area contributed by atoms with Crippen LogP contribution in [0.4, 0.5) is 0 Å². The smallest absolute Gasteiger partial charge is 0.326 e. The number of aromatic hydroxyl groups is 1. The van der Waals surface area contributed by atoms with Crippen molar-refractivity contribution in [1.29, 1.82) is 0 Å². The number of nitrogens with one attached hydrogen (secondary N) is 1. The Morgan fingerprint density at radius 2 is 1.82 bits per heavy atom. The highest BCUT2D eigenvalue weighted by molar-refractivity contribution is 5.99. The largest absolute Gasteiger partial charge is 0.508 e. The molecule has 0 saturated heterocycles. The van der Waals surface area contributed by atoms with Crippen LogP contribution in [0.25, 0.3) is 16.5 Å². The molecule has 0 spiro atoms. The molecule has 7 nitrogen and oxygen atoms in total. The van der Waals surface area contributed by atoms with E-state index in [1.807, 2.05) is 33.8 Å². The van der Waals surface area contributed by atoms with Gasteiger partial charge in [0.15, 0.2) is 0 Å². The highest BCUT2D eigenvalue weighted by atomic mass is 16.5. The summed E-state index contributed by atoms with van der Waals surface area (Å²) in [5.74, 6) is -0.100. The molecule has 3 aromatic rings. The van der Waals surface area contributed by atoms with E-state index in [0.717, 1.165) is 33.4 Å². The average Bonchev–Trinajstić information content (AvgIpc) is 3.05. The number of amides is 1. The van der Waals surface area contributed by atoms with Crippen LogP contribution in [0.3, 0.4) is 0 Å². The summed E-state index contributed by atoms with van der Waals surface area (Å²) in [6, 6.07) is 7.05. The molecule has 3 rings (SSSR count). The predicted molar refractivity (Wildman–Crippen MR) is 127 cm³/mol. The van der Waals surface area contributed by atoms with Crippen molar-refractivity contribution < 1.29 is 29.0 Å². The molecule has 0 radical (unpaired) electrons. The zero-order chi connectivity index (χ0) is 24.3. The van der Waals surface area contributed by atoms with Gasteiger partial charge in [-0.3, -0.25) is 4.79 Å². The molecule has 7 heteroatoms. The standard InChI is InChI=1S/C26H29NO6/c1-6-32-24-16(4)25-21(15(3)17(5)33-25)13-20(24)14(2)11-23(29)27-22(26(30)31)12-18-7-9-19(28)10-8-18/h7-11,13,22,28H,6,12H2,1-5H3,(H,27,29)(H,30,31)/b14-11+. The van der Waals surface area contributed by atoms with Crippen molar-refractivity contribution in [3.05, 3.63) is 64.4 Å². The Balaban J connectivity index is 1.91. The van der Waals surface area contributed by atoms with Gasteiger partial charge in [0, 0.05) is 29.0 Å². The molecule has 0 saturated carbocycles. The lowest BCUT2D eigenvalue weighted by Gasteiger charge is -2.16. The predicted octanol–water partition coefficient (Wildman–Crippen LogP) is 4.68. The molecule has 33 heavy (non-hydrogen) atoms. The number of phenolic OH excluding ortho intramolecular Hbond substituents is 1. The number of phenols is 1. The molecule has 0 aliphatic heterocycles. The number of ether oxygens (including phenoxy) is 1. The number of hydrogen-bond donors (Lipinski definition) is 3. The lowest BCUT2D eigenvalue weighted by molar-refractivity contribution is -0.141. The van der Waals surface area contributed by atoms with Gasteiger partial charge in [0.25, 0.3) is 0 Å². The first kappa shape index (κ1) is 23.9. The number of hydrogen-bond acceptors (Lipinski definition) is 5. The number of carboxylic acid groups (broad SMARTS) is 1. The minimum Gasteiger partial charge on any atom is -0.508 e. The average molecular weight is 452 g/mol. The fourth-order valence-corrected chi connectivity index (χ4v) is 3.79. The second kappa shape index (κ2) is 9.81. The Bertz CT molecular complexity index is 1220. The summed E-state index contributed by atoms with van der Waals surface area (Å²) in [6.07, 6.45) is 1.48. The van der Waals surface area contributed by atoms with Crippen LogP contribution in [-0.2, 0) is 16.0 Å². The summed E-state index contributed by atoms with van der Waals surface area (Å²) in [5.41, 5.74) is 4.72. The Kier molecular flexibility index (Phi) is 7.11. The van der Waals surface area contributed by atoms with E-state index in [1.54, 1.807) is 19.1 Å². The molecule has 2 aromatic carbocycles. The lowest BCUT2D eigenvalue weighted by atomic mass is 9.98. The first-order chi connectivity index (χ1) is 15.6. The quantitative estimate of drug-likeness (QED) is 0.429. The van der Waals surface area contributed by atoms with Crippen molar-refractivity contribution in [3.8, 4) is 11.5 Å². The van der Waals surface area contributed by atoms with Crippen molar-refractivity contribution in [3.63, 3.8) is 0 Å². The van der Waals surface area contributed by atoms with Crippen molar-refractivity contribution in [2.24, 2.45) is 0 Å². The van der Waals surface area contributed by atoms with Crippen LogP contribution < -0.4 is 10.1 Å². The maximum atomic E-state index is 12.7. The monoisotopic (exact) mass is 451 g/mol. The van der Waals surface area contributed by atoms with Crippen molar-refractivity contribution in [2.75, 3.05) is 6.61 Å². The number of carbonyl (C=O) groups is 2. The SMILES string of the molecule is CCOc1c(/C(C)=C/C(=O)NC(Cc2ccc(O)cc2)C(=O)O)cc2c(C)c(C)oc2c1C. The Labute approximate surface area is 192 Å². The molecular formula is C26H29NO6. The van der Waals surface area contributed by atoms with E-state index in [4.69, 9.17) is 9.15 Å². The van der Waals surface area contributed by atoms with Crippen molar-refractivity contribution >= 4 is 28.4 Å². The van der Waals surface area contributed by atoms with E-state index in [1.165, 1.54) is 18.2 Å². The summed E-state index contributed by atoms with van der Waals surface area (Å²) >= 11 is 0. The van der Waals surface area contributed by atoms with Crippen LogP contribution in [0.2, 0.25) is 0 Å². The summed E-state index contributed by atoms with van der Waals surface area (Å²) in [7, 11) is 0. The number of rotatable bonds is 8. The van der Waals surface area contributed by atoms with Gasteiger partial charge in [-0.1, -0.05) is 12.1 Å². The van der Waals surface area contributed by atoms with Gasteiger partial charge >= 0.3 is 5.97 Å². The van der Waals surface area contributed by atoms with Crippen LogP contribution in [0.5, 0.6) is 11.5 Å². The Morgan fingerprint density at radius 3 is 2.42 bits per heavy atom. The number of aliphatic carboxylic acids is 1. The van der Waals surface area contributed by atoms with Gasteiger partial charge in [-0.2, -0.15) is 0 Å². The van der Waals surface area contributed by atoms with E-state index < -0.39 is 17.9 Å². The third-order valence-corrected chi connectivity index (χ3v) is 5.70. The molecule has 1 heterocycles. The maximum Gasteiger partial charge on any atom is 0.326 e. The van der Waals surface area contributed by atoms with Gasteiger partial charge < -0.3 is 24.7 Å². The lowest BCUT2D eigenvalue weighted by Crippen LogP contribution is -2.41. The third-order valence-electron chi connectivity index (χ3n) is 5.70. The van der Waals surface area contributed by atoms with Crippen LogP contribution in [0.15, 0.2) is 40.8 Å². The summed E-state index contributed by atoms with van der Waals surface area (Å²) in [6.45, 7) is 9.94. The molecule has 0 aliphatic carbocycles. The molecule has 1 amide bonds. The van der Waals surface area contributed by atoms with E-state index in [-0.39, 0.29) is 12.2 Å². The van der Waals surface area contributed by atoms with E-state index in [2.05, 4.69) is 5.32 Å². The molecule has 1 unspecified atom stereocenters. The number of benzene rings is 2. The summed E-state index contributed by atoms with van der Waals surface area (Å²) in [5, 5.41) is 22.5. The van der Waals surface area contributed by atoms with Crippen LogP contribution in [0.1, 0.15) is 41.9 Å². The maximum absolute atomic E-state index is 12.7. The number of carboxylic acids is 1. The second-order valence-electron chi connectivity index (χ2n) is 8.07. The van der Waals surface area contributed by atoms with Gasteiger partial charge in [0.1, 0.15) is 28.9 Å². The van der Waals surface area contributed by atoms with Gasteiger partial charge in [-0.25, -0.2) is 4.79 Å². The molecule has 0 fully saturated rings. The zero-order valence-electron chi connectivity index (χ0n) is 19.5. The van der Waals surface area contributed by atoms with Gasteiger partial charge in [-0.15, -0.1) is 0 Å². The summed E-state index contributed by atoms with van der Waals surface area (Å²) in [4.78, 5) is 24.4. The highest BCUT2D eigenvalue weighted by Gasteiger charge is 2.22. The highest BCUT2D eigenvalue weighted by Crippen LogP contribution is 2.38. The molecular weight excluding hydrogens is 422 g/mol. The molecule has 0 bridgehead atoms. The Morgan fingerprint density at radius 1 is 1.15 bits per heavy atom. The number of fused-ring (bicyclic) bond motifs is 1. The minimum absolute atomic E-state index is 0.0913. The van der Waals surface area contributed by atoms with E-state index in [0.29, 0.717) is 23.5 Å². The van der Waals surface area contributed by atoms with Crippen LogP contribution >= 0.6 is 0 Å². The first-order valence-corrected chi connectivity index (χ1v) is 10.8. The topological polar surface area (TPSA) is 109 Å². The van der Waals surface area contributed by atoms with Gasteiger partial charge in [0.05, 0.1) is 6.61 Å². The number of furan rings is 1.